The number of esters is 1. The summed E-state index contributed by atoms with van der Waals surface area (Å²) in [6.45, 7) is 0.216. The number of ether oxygens (including phenoxy) is 3. The number of aliphatic hydroxyl groups excluding tert-OH is 1. The fourth-order valence-corrected chi connectivity index (χ4v) is 2.58. The average Bonchev–Trinajstić information content (AvgIpc) is 2.74. The maximum atomic E-state index is 13.2. The summed E-state index contributed by atoms with van der Waals surface area (Å²) in [6, 6.07) is 10.8. The van der Waals surface area contributed by atoms with E-state index in [2.05, 4.69) is 4.74 Å². The van der Waals surface area contributed by atoms with Crippen molar-refractivity contribution in [3.05, 3.63) is 71.2 Å². The van der Waals surface area contributed by atoms with Gasteiger partial charge in [-0.3, -0.25) is 4.79 Å². The molecule has 2 aromatic rings. The fraction of sp³-hybridized carbons (Fsp3) is 0.238. The number of hydrogen-bond donors (Lipinski definition) is 1. The Morgan fingerprint density at radius 1 is 1.03 bits per heavy atom. The van der Waals surface area contributed by atoms with E-state index in [1.54, 1.807) is 30.3 Å². The SMILES string of the molecule is COC(=O)C(O)=CC(=O)N(Cc1ccc(F)cc1)Cc1ccc(OC)cc1OC. The molecule has 29 heavy (non-hydrogen) atoms. The third kappa shape index (κ3) is 5.97. The van der Waals surface area contributed by atoms with E-state index < -0.39 is 23.5 Å². The fourth-order valence-electron chi connectivity index (χ4n) is 2.58. The van der Waals surface area contributed by atoms with E-state index in [1.807, 2.05) is 0 Å². The first-order valence-electron chi connectivity index (χ1n) is 8.61. The van der Waals surface area contributed by atoms with Crippen LogP contribution in [-0.4, -0.2) is 43.2 Å². The van der Waals surface area contributed by atoms with Crippen molar-refractivity contribution in [3.8, 4) is 11.5 Å². The summed E-state index contributed by atoms with van der Waals surface area (Å²) >= 11 is 0. The molecule has 0 unspecified atom stereocenters. The van der Waals surface area contributed by atoms with Crippen molar-refractivity contribution < 1.29 is 33.3 Å². The maximum absolute atomic E-state index is 13.2. The number of aliphatic hydroxyl groups is 1. The Morgan fingerprint density at radius 2 is 1.72 bits per heavy atom. The molecule has 0 radical (unpaired) electrons. The van der Waals surface area contributed by atoms with E-state index in [1.165, 1.54) is 31.3 Å². The molecule has 0 aliphatic carbocycles. The van der Waals surface area contributed by atoms with Gasteiger partial charge in [0.25, 0.3) is 5.91 Å². The zero-order chi connectivity index (χ0) is 21.4. The highest BCUT2D eigenvalue weighted by Crippen LogP contribution is 2.26. The van der Waals surface area contributed by atoms with Crippen LogP contribution in [0.5, 0.6) is 11.5 Å². The molecule has 0 aliphatic rings. The predicted molar refractivity (Wildman–Crippen MR) is 103 cm³/mol. The van der Waals surface area contributed by atoms with Crippen LogP contribution in [0.4, 0.5) is 4.39 Å². The Balaban J connectivity index is 2.34. The van der Waals surface area contributed by atoms with Crippen molar-refractivity contribution in [1.82, 2.24) is 4.90 Å². The Kier molecular flexibility index (Phi) is 7.59. The molecule has 8 heteroatoms. The van der Waals surface area contributed by atoms with Gasteiger partial charge in [0.05, 0.1) is 27.4 Å². The minimum absolute atomic E-state index is 0.105. The molecule has 1 N–H and O–H groups in total. The van der Waals surface area contributed by atoms with E-state index in [-0.39, 0.29) is 13.1 Å². The number of rotatable bonds is 8. The van der Waals surface area contributed by atoms with Crippen molar-refractivity contribution in [2.24, 2.45) is 0 Å². The van der Waals surface area contributed by atoms with Gasteiger partial charge in [-0.1, -0.05) is 12.1 Å². The summed E-state index contributed by atoms with van der Waals surface area (Å²) in [5.41, 5.74) is 1.34. The Labute approximate surface area is 167 Å². The van der Waals surface area contributed by atoms with Crippen molar-refractivity contribution in [2.45, 2.75) is 13.1 Å². The van der Waals surface area contributed by atoms with E-state index in [4.69, 9.17) is 9.47 Å². The molecule has 0 bridgehead atoms. The molecular weight excluding hydrogens is 381 g/mol. The van der Waals surface area contributed by atoms with Crippen LogP contribution in [0.1, 0.15) is 11.1 Å². The summed E-state index contributed by atoms with van der Waals surface area (Å²) in [6.07, 6.45) is 0.783. The Bertz CT molecular complexity index is 895. The quantitative estimate of drug-likeness (QED) is 0.414. The lowest BCUT2D eigenvalue weighted by molar-refractivity contribution is -0.139. The summed E-state index contributed by atoms with van der Waals surface area (Å²) in [4.78, 5) is 25.5. The van der Waals surface area contributed by atoms with Crippen LogP contribution in [0.25, 0.3) is 0 Å². The molecular formula is C21H22FNO6. The van der Waals surface area contributed by atoms with Gasteiger partial charge in [0.15, 0.2) is 0 Å². The first-order valence-corrected chi connectivity index (χ1v) is 8.61. The number of methoxy groups -OCH3 is 3. The molecule has 1 amide bonds. The summed E-state index contributed by atoms with van der Waals surface area (Å²) < 4.78 is 28.1. The average molecular weight is 403 g/mol. The maximum Gasteiger partial charge on any atom is 0.373 e. The summed E-state index contributed by atoms with van der Waals surface area (Å²) in [5.74, 6) is -1.78. The second kappa shape index (κ2) is 10.1. The van der Waals surface area contributed by atoms with Gasteiger partial charge >= 0.3 is 5.97 Å². The zero-order valence-electron chi connectivity index (χ0n) is 16.3. The van der Waals surface area contributed by atoms with E-state index in [0.29, 0.717) is 22.6 Å². The molecule has 0 aliphatic heterocycles. The number of hydrogen-bond acceptors (Lipinski definition) is 6. The number of amides is 1. The van der Waals surface area contributed by atoms with Crippen LogP contribution in [0.3, 0.4) is 0 Å². The van der Waals surface area contributed by atoms with Crippen molar-refractivity contribution in [2.75, 3.05) is 21.3 Å². The number of halogens is 1. The highest BCUT2D eigenvalue weighted by Gasteiger charge is 2.19. The topological polar surface area (TPSA) is 85.3 Å². The third-order valence-electron chi connectivity index (χ3n) is 4.11. The van der Waals surface area contributed by atoms with Gasteiger partial charge in [-0.15, -0.1) is 0 Å². The van der Waals surface area contributed by atoms with Crippen LogP contribution < -0.4 is 9.47 Å². The van der Waals surface area contributed by atoms with Crippen LogP contribution in [0, 0.1) is 5.82 Å². The van der Waals surface area contributed by atoms with Gasteiger partial charge in [0.1, 0.15) is 17.3 Å². The van der Waals surface area contributed by atoms with E-state index in [9.17, 15) is 19.1 Å². The van der Waals surface area contributed by atoms with Gasteiger partial charge in [-0.25, -0.2) is 9.18 Å². The second-order valence-corrected chi connectivity index (χ2v) is 6.02. The molecule has 7 nitrogen and oxygen atoms in total. The molecule has 0 heterocycles. The van der Waals surface area contributed by atoms with Crippen molar-refractivity contribution in [3.63, 3.8) is 0 Å². The molecule has 154 valence electrons. The summed E-state index contributed by atoms with van der Waals surface area (Å²) in [5, 5.41) is 9.72. The van der Waals surface area contributed by atoms with Crippen molar-refractivity contribution >= 4 is 11.9 Å². The predicted octanol–water partition coefficient (Wildman–Crippen LogP) is 2.99. The second-order valence-electron chi connectivity index (χ2n) is 6.02. The lowest BCUT2D eigenvalue weighted by atomic mass is 10.1. The lowest BCUT2D eigenvalue weighted by Gasteiger charge is -2.23. The Morgan fingerprint density at radius 3 is 2.31 bits per heavy atom. The normalized spacial score (nSPS) is 11.0. The van der Waals surface area contributed by atoms with Crippen LogP contribution in [0.15, 0.2) is 54.3 Å². The van der Waals surface area contributed by atoms with E-state index in [0.717, 1.165) is 13.2 Å². The molecule has 0 saturated carbocycles. The number of benzene rings is 2. The molecule has 0 aromatic heterocycles. The molecule has 0 fully saturated rings. The zero-order valence-corrected chi connectivity index (χ0v) is 16.3. The molecule has 0 saturated heterocycles. The van der Waals surface area contributed by atoms with Gasteiger partial charge < -0.3 is 24.2 Å². The number of nitrogens with zero attached hydrogens (tertiary/aromatic N) is 1. The number of carbonyl (C=O) groups excluding carboxylic acids is 2. The van der Waals surface area contributed by atoms with E-state index >= 15 is 0 Å². The standard InChI is InChI=1S/C21H22FNO6/c1-27-17-9-6-15(19(10-17)28-2)13-23(12-14-4-7-16(22)8-5-14)20(25)11-18(24)21(26)29-3/h4-11,24H,12-13H2,1-3H3. The van der Waals surface area contributed by atoms with Gasteiger partial charge in [-0.2, -0.15) is 0 Å². The third-order valence-corrected chi connectivity index (χ3v) is 4.11. The largest absolute Gasteiger partial charge is 0.502 e. The molecule has 2 aromatic carbocycles. The van der Waals surface area contributed by atoms with Gasteiger partial charge in [0.2, 0.25) is 5.76 Å². The van der Waals surface area contributed by atoms with Crippen LogP contribution >= 0.6 is 0 Å². The Hall–Kier alpha value is -3.55. The van der Waals surface area contributed by atoms with Gasteiger partial charge in [-0.05, 0) is 29.8 Å². The first kappa shape index (κ1) is 21.7. The summed E-state index contributed by atoms with van der Waals surface area (Å²) in [7, 11) is 4.11. The first-order chi connectivity index (χ1) is 13.9. The molecule has 0 spiro atoms. The van der Waals surface area contributed by atoms with Crippen LogP contribution in [0.2, 0.25) is 0 Å². The number of carbonyl (C=O) groups is 2. The molecule has 0 atom stereocenters. The lowest BCUT2D eigenvalue weighted by Crippen LogP contribution is -2.29. The highest BCUT2D eigenvalue weighted by molar-refractivity contribution is 5.96. The molecule has 2 rings (SSSR count). The smallest absolute Gasteiger partial charge is 0.373 e. The van der Waals surface area contributed by atoms with Gasteiger partial charge in [0, 0.05) is 24.7 Å². The highest BCUT2D eigenvalue weighted by atomic mass is 19.1. The minimum Gasteiger partial charge on any atom is -0.502 e. The monoisotopic (exact) mass is 403 g/mol. The van der Waals surface area contributed by atoms with Crippen LogP contribution in [-0.2, 0) is 27.4 Å². The van der Waals surface area contributed by atoms with Crippen molar-refractivity contribution in [1.29, 1.82) is 0 Å². The minimum atomic E-state index is -1.03.